The predicted octanol–water partition coefficient (Wildman–Crippen LogP) is 2.13. The molecule has 0 saturated carbocycles. The van der Waals surface area contributed by atoms with E-state index in [0.29, 0.717) is 6.04 Å². The maximum absolute atomic E-state index is 4.47. The van der Waals surface area contributed by atoms with Crippen LogP contribution in [0.2, 0.25) is 0 Å². The minimum Gasteiger partial charge on any atom is -0.355 e. The smallest absolute Gasteiger partial charge is 0.193 e. The van der Waals surface area contributed by atoms with Crippen molar-refractivity contribution in [3.8, 4) is 0 Å². The normalized spacial score (nSPS) is 16.6. The maximum atomic E-state index is 4.47. The summed E-state index contributed by atoms with van der Waals surface area (Å²) in [7, 11) is 1.87. The summed E-state index contributed by atoms with van der Waals surface area (Å²) in [5.41, 5.74) is 0. The average molecular weight is 460 g/mol. The molecule has 1 aromatic rings. The zero-order valence-corrected chi connectivity index (χ0v) is 18.3. The molecule has 0 aromatic carbocycles. The van der Waals surface area contributed by atoms with Gasteiger partial charge in [-0.15, -0.1) is 24.0 Å². The minimum absolute atomic E-state index is 0. The Balaban J connectivity index is 0.00000312. The Morgan fingerprint density at radius 3 is 2.44 bits per heavy atom. The van der Waals surface area contributed by atoms with Crippen LogP contribution >= 0.6 is 24.0 Å². The zero-order valence-electron chi connectivity index (χ0n) is 16.0. The molecule has 2 rings (SSSR count). The lowest BCUT2D eigenvalue weighted by molar-refractivity contribution is 0.229. The fourth-order valence-corrected chi connectivity index (χ4v) is 3.24. The second-order valence-corrected chi connectivity index (χ2v) is 6.16. The van der Waals surface area contributed by atoms with Gasteiger partial charge in [-0.1, -0.05) is 19.9 Å². The van der Waals surface area contributed by atoms with E-state index in [0.717, 1.165) is 57.6 Å². The molecule has 25 heavy (non-hydrogen) atoms. The number of aliphatic imine (C=N–C) groups is 1. The van der Waals surface area contributed by atoms with Crippen molar-refractivity contribution in [2.45, 2.75) is 26.8 Å². The summed E-state index contributed by atoms with van der Waals surface area (Å²) in [6.45, 7) is 13.7. The van der Waals surface area contributed by atoms with Gasteiger partial charge in [0.25, 0.3) is 0 Å². The molecule has 1 unspecified atom stereocenters. The molecule has 1 atom stereocenters. The summed E-state index contributed by atoms with van der Waals surface area (Å²) in [6.07, 6.45) is 1.86. The van der Waals surface area contributed by atoms with Crippen molar-refractivity contribution >= 4 is 35.8 Å². The molecule has 7 heteroatoms. The molecule has 6 nitrogen and oxygen atoms in total. The monoisotopic (exact) mass is 460 g/mol. The summed E-state index contributed by atoms with van der Waals surface area (Å²) in [5, 5.41) is 3.54. The van der Waals surface area contributed by atoms with Crippen LogP contribution in [-0.4, -0.2) is 79.6 Å². The highest BCUT2D eigenvalue weighted by Gasteiger charge is 2.21. The van der Waals surface area contributed by atoms with Crippen molar-refractivity contribution in [3.63, 3.8) is 0 Å². The van der Waals surface area contributed by atoms with Crippen LogP contribution in [0.15, 0.2) is 29.4 Å². The average Bonchev–Trinajstić information content (AvgIpc) is 2.64. The van der Waals surface area contributed by atoms with Crippen molar-refractivity contribution in [3.05, 3.63) is 24.4 Å². The minimum atomic E-state index is 0. The third-order valence-corrected chi connectivity index (χ3v) is 4.76. The first kappa shape index (κ1) is 22.0. The molecule has 142 valence electrons. The maximum Gasteiger partial charge on any atom is 0.193 e. The Morgan fingerprint density at radius 1 is 1.24 bits per heavy atom. The Hall–Kier alpha value is -1.09. The molecule has 0 aliphatic carbocycles. The van der Waals surface area contributed by atoms with Crippen molar-refractivity contribution < 1.29 is 0 Å². The lowest BCUT2D eigenvalue weighted by Gasteiger charge is -2.37. The molecular weight excluding hydrogens is 427 g/mol. The topological polar surface area (TPSA) is 47.0 Å². The van der Waals surface area contributed by atoms with Crippen LogP contribution in [0.4, 0.5) is 5.82 Å². The first-order chi connectivity index (χ1) is 11.7. The van der Waals surface area contributed by atoms with Crippen LogP contribution in [0.5, 0.6) is 0 Å². The number of hydrogen-bond donors (Lipinski definition) is 1. The van der Waals surface area contributed by atoms with Crippen molar-refractivity contribution in [1.29, 1.82) is 0 Å². The number of halogens is 1. The Bertz CT molecular complexity index is 498. The van der Waals surface area contributed by atoms with Gasteiger partial charge in [0.2, 0.25) is 0 Å². The number of anilines is 1. The van der Waals surface area contributed by atoms with E-state index in [1.165, 1.54) is 0 Å². The van der Waals surface area contributed by atoms with Crippen molar-refractivity contribution in [2.75, 3.05) is 57.8 Å². The Labute approximate surface area is 169 Å². The molecule has 2 heterocycles. The quantitative estimate of drug-likeness (QED) is 0.401. The van der Waals surface area contributed by atoms with E-state index in [2.05, 4.69) is 56.8 Å². The van der Waals surface area contributed by atoms with Gasteiger partial charge in [0.05, 0.1) is 0 Å². The second-order valence-electron chi connectivity index (χ2n) is 6.16. The number of aromatic nitrogens is 1. The van der Waals surface area contributed by atoms with E-state index in [4.69, 9.17) is 0 Å². The third kappa shape index (κ3) is 6.29. The highest BCUT2D eigenvalue weighted by Crippen LogP contribution is 2.12. The molecule has 1 aromatic heterocycles. The molecule has 1 saturated heterocycles. The summed E-state index contributed by atoms with van der Waals surface area (Å²) >= 11 is 0. The lowest BCUT2D eigenvalue weighted by atomic mass is 10.2. The number of hydrogen-bond acceptors (Lipinski definition) is 4. The highest BCUT2D eigenvalue weighted by molar-refractivity contribution is 14.0. The lowest BCUT2D eigenvalue weighted by Crippen LogP contribution is -2.54. The van der Waals surface area contributed by atoms with Crippen LogP contribution in [0.25, 0.3) is 0 Å². The Morgan fingerprint density at radius 2 is 1.92 bits per heavy atom. The largest absolute Gasteiger partial charge is 0.355 e. The summed E-state index contributed by atoms with van der Waals surface area (Å²) in [6, 6.07) is 6.59. The van der Waals surface area contributed by atoms with Crippen LogP contribution in [0.1, 0.15) is 20.8 Å². The van der Waals surface area contributed by atoms with E-state index in [9.17, 15) is 0 Å². The molecule has 0 radical (unpaired) electrons. The van der Waals surface area contributed by atoms with Gasteiger partial charge in [0.15, 0.2) is 5.96 Å². The second kappa shape index (κ2) is 11.5. The highest BCUT2D eigenvalue weighted by atomic mass is 127. The van der Waals surface area contributed by atoms with E-state index in [1.807, 2.05) is 25.4 Å². The number of nitrogens with one attached hydrogen (secondary N) is 1. The van der Waals surface area contributed by atoms with Crippen LogP contribution in [0, 0.1) is 0 Å². The first-order valence-corrected chi connectivity index (χ1v) is 9.05. The van der Waals surface area contributed by atoms with Gasteiger partial charge in [-0.25, -0.2) is 4.98 Å². The van der Waals surface area contributed by atoms with Gasteiger partial charge in [-0.2, -0.15) is 0 Å². The fraction of sp³-hybridized carbons (Fsp3) is 0.667. The summed E-state index contributed by atoms with van der Waals surface area (Å²) < 4.78 is 0. The number of nitrogens with zero attached hydrogens (tertiary/aromatic N) is 5. The molecule has 1 fully saturated rings. The number of pyridine rings is 1. The zero-order chi connectivity index (χ0) is 17.4. The molecule has 0 amide bonds. The van der Waals surface area contributed by atoms with Gasteiger partial charge in [-0.3, -0.25) is 9.89 Å². The van der Waals surface area contributed by atoms with Crippen LogP contribution in [0.3, 0.4) is 0 Å². The van der Waals surface area contributed by atoms with Gasteiger partial charge in [0.1, 0.15) is 5.82 Å². The van der Waals surface area contributed by atoms with Crippen LogP contribution < -0.4 is 10.2 Å². The predicted molar refractivity (Wildman–Crippen MR) is 117 cm³/mol. The SMILES string of the molecule is CCN(CC)C(C)CNC(=NC)N1CCN(c2ccccn2)CC1.I. The standard InChI is InChI=1S/C18H32N6.HI/c1-5-22(6-2)16(3)15-21-18(19-4)24-13-11-23(12-14-24)17-9-7-8-10-20-17;/h7-10,16H,5-6,11-15H2,1-4H3,(H,19,21);1H. The number of piperazine rings is 1. The molecule has 0 spiro atoms. The molecule has 1 N–H and O–H groups in total. The third-order valence-electron chi connectivity index (χ3n) is 4.76. The van der Waals surface area contributed by atoms with Crippen molar-refractivity contribution in [1.82, 2.24) is 20.1 Å². The fourth-order valence-electron chi connectivity index (χ4n) is 3.24. The summed E-state index contributed by atoms with van der Waals surface area (Å²) in [5.74, 6) is 2.07. The summed E-state index contributed by atoms with van der Waals surface area (Å²) in [4.78, 5) is 16.1. The number of rotatable bonds is 6. The van der Waals surface area contributed by atoms with E-state index < -0.39 is 0 Å². The number of guanidine groups is 1. The first-order valence-electron chi connectivity index (χ1n) is 9.05. The number of likely N-dealkylation sites (N-methyl/N-ethyl adjacent to an activating group) is 1. The van der Waals surface area contributed by atoms with Gasteiger partial charge in [0, 0.05) is 52.0 Å². The molecule has 1 aliphatic rings. The van der Waals surface area contributed by atoms with E-state index in [1.54, 1.807) is 0 Å². The molecule has 1 aliphatic heterocycles. The van der Waals surface area contributed by atoms with Gasteiger partial charge in [-0.05, 0) is 32.1 Å². The Kier molecular flexibility index (Phi) is 10.1. The molecular formula is C18H33IN6. The van der Waals surface area contributed by atoms with Crippen LogP contribution in [-0.2, 0) is 0 Å². The van der Waals surface area contributed by atoms with Gasteiger partial charge >= 0.3 is 0 Å². The van der Waals surface area contributed by atoms with E-state index in [-0.39, 0.29) is 24.0 Å². The molecule has 0 bridgehead atoms. The van der Waals surface area contributed by atoms with E-state index >= 15 is 0 Å². The van der Waals surface area contributed by atoms with Gasteiger partial charge < -0.3 is 15.1 Å². The van der Waals surface area contributed by atoms with Crippen molar-refractivity contribution in [2.24, 2.45) is 4.99 Å².